The van der Waals surface area contributed by atoms with E-state index >= 15 is 0 Å². The maximum absolute atomic E-state index is 12.4. The number of hydrogen-bond donors (Lipinski definition) is 1. The van der Waals surface area contributed by atoms with Crippen molar-refractivity contribution in [2.75, 3.05) is 20.8 Å². The third-order valence-electron chi connectivity index (χ3n) is 5.24. The second-order valence-electron chi connectivity index (χ2n) is 7.25. The fourth-order valence-corrected chi connectivity index (χ4v) is 3.65. The molecule has 0 aliphatic carbocycles. The Balaban J connectivity index is 1.37. The van der Waals surface area contributed by atoms with Gasteiger partial charge in [0.05, 0.1) is 20.8 Å². The normalized spacial score (nSPS) is 13.5. The van der Waals surface area contributed by atoms with Crippen LogP contribution in [0, 0.1) is 0 Å². The van der Waals surface area contributed by atoms with Gasteiger partial charge in [-0.15, -0.1) is 0 Å². The lowest BCUT2D eigenvalue weighted by Crippen LogP contribution is -2.30. The molecule has 1 aromatic carbocycles. The summed E-state index contributed by atoms with van der Waals surface area (Å²) in [6.45, 7) is 2.76. The van der Waals surface area contributed by atoms with Crippen molar-refractivity contribution in [1.29, 1.82) is 0 Å². The van der Waals surface area contributed by atoms with E-state index in [1.807, 2.05) is 24.3 Å². The van der Waals surface area contributed by atoms with Crippen LogP contribution in [0.1, 0.15) is 33.0 Å². The van der Waals surface area contributed by atoms with Crippen LogP contribution in [0.4, 0.5) is 0 Å². The number of fused-ring (bicyclic) bond motifs is 1. The third-order valence-corrected chi connectivity index (χ3v) is 5.24. The summed E-state index contributed by atoms with van der Waals surface area (Å²) in [4.78, 5) is 18.7. The molecule has 1 aliphatic rings. The molecule has 30 heavy (non-hydrogen) atoms. The number of furan rings is 1. The van der Waals surface area contributed by atoms with Gasteiger partial charge in [-0.2, -0.15) is 0 Å². The molecule has 0 atom stereocenters. The highest BCUT2D eigenvalue weighted by atomic mass is 16.5. The molecule has 0 fully saturated rings. The standard InChI is InChI=1S/C23H25N3O4/c1-28-21-10-17-7-9-26(14-18(17)11-22(21)29-2)15-19-5-6-20(30-19)23(27)25-13-16-4-3-8-24-12-16/h3-6,8,10-12H,7,9,13-15H2,1-2H3,(H,25,27). The Bertz CT molecular complexity index is 1020. The van der Waals surface area contributed by atoms with E-state index in [9.17, 15) is 4.79 Å². The summed E-state index contributed by atoms with van der Waals surface area (Å²) in [6, 6.07) is 11.4. The van der Waals surface area contributed by atoms with E-state index in [0.29, 0.717) is 18.8 Å². The van der Waals surface area contributed by atoms with Crippen LogP contribution in [0.2, 0.25) is 0 Å². The van der Waals surface area contributed by atoms with Gasteiger partial charge in [0.25, 0.3) is 5.91 Å². The molecule has 1 amide bonds. The lowest BCUT2D eigenvalue weighted by Gasteiger charge is -2.28. The molecule has 2 aromatic heterocycles. The first-order valence-electron chi connectivity index (χ1n) is 9.88. The highest BCUT2D eigenvalue weighted by molar-refractivity contribution is 5.91. The average molecular weight is 407 g/mol. The summed E-state index contributed by atoms with van der Waals surface area (Å²) in [5.41, 5.74) is 3.44. The lowest BCUT2D eigenvalue weighted by molar-refractivity contribution is 0.0918. The van der Waals surface area contributed by atoms with Crippen LogP contribution >= 0.6 is 0 Å². The average Bonchev–Trinajstić information content (AvgIpc) is 3.25. The number of methoxy groups -OCH3 is 2. The maximum atomic E-state index is 12.4. The van der Waals surface area contributed by atoms with Crippen LogP contribution in [-0.4, -0.2) is 36.6 Å². The smallest absolute Gasteiger partial charge is 0.287 e. The lowest BCUT2D eigenvalue weighted by atomic mass is 9.98. The minimum atomic E-state index is -0.231. The Labute approximate surface area is 175 Å². The second kappa shape index (κ2) is 9.00. The number of aromatic nitrogens is 1. The Morgan fingerprint density at radius 1 is 1.17 bits per heavy atom. The predicted molar refractivity (Wildman–Crippen MR) is 111 cm³/mol. The number of nitrogens with one attached hydrogen (secondary N) is 1. The highest BCUT2D eigenvalue weighted by Crippen LogP contribution is 2.33. The van der Waals surface area contributed by atoms with Crippen LogP contribution < -0.4 is 14.8 Å². The highest BCUT2D eigenvalue weighted by Gasteiger charge is 2.21. The Morgan fingerprint density at radius 2 is 1.97 bits per heavy atom. The summed E-state index contributed by atoms with van der Waals surface area (Å²) in [5, 5.41) is 2.86. The van der Waals surface area contributed by atoms with Crippen LogP contribution in [0.15, 0.2) is 53.2 Å². The molecule has 1 aliphatic heterocycles. The molecule has 7 heteroatoms. The molecule has 0 saturated carbocycles. The Hall–Kier alpha value is -3.32. The van der Waals surface area contributed by atoms with Crippen LogP contribution in [0.5, 0.6) is 11.5 Å². The van der Waals surface area contributed by atoms with Crippen LogP contribution in [0.3, 0.4) is 0 Å². The molecule has 4 rings (SSSR count). The van der Waals surface area contributed by atoms with Gasteiger partial charge in [-0.3, -0.25) is 14.7 Å². The number of rotatable bonds is 7. The Kier molecular flexibility index (Phi) is 5.99. The number of carbonyl (C=O) groups is 1. The zero-order chi connectivity index (χ0) is 20.9. The quantitative estimate of drug-likeness (QED) is 0.648. The third kappa shape index (κ3) is 4.46. The fourth-order valence-electron chi connectivity index (χ4n) is 3.65. The van der Waals surface area contributed by atoms with E-state index in [4.69, 9.17) is 13.9 Å². The van der Waals surface area contributed by atoms with E-state index in [-0.39, 0.29) is 5.91 Å². The van der Waals surface area contributed by atoms with E-state index in [2.05, 4.69) is 21.3 Å². The van der Waals surface area contributed by atoms with Crippen molar-refractivity contribution >= 4 is 5.91 Å². The van der Waals surface area contributed by atoms with Crippen molar-refractivity contribution in [2.45, 2.75) is 26.1 Å². The van der Waals surface area contributed by atoms with Crippen molar-refractivity contribution in [3.05, 3.63) is 77.0 Å². The fraction of sp³-hybridized carbons (Fsp3) is 0.304. The van der Waals surface area contributed by atoms with Gasteiger partial charge < -0.3 is 19.2 Å². The topological polar surface area (TPSA) is 76.8 Å². The first kappa shape index (κ1) is 20.0. The first-order valence-corrected chi connectivity index (χ1v) is 9.88. The monoisotopic (exact) mass is 407 g/mol. The molecule has 156 valence electrons. The molecule has 3 heterocycles. The van der Waals surface area contributed by atoms with Gasteiger partial charge in [0.15, 0.2) is 17.3 Å². The van der Waals surface area contributed by atoms with Gasteiger partial charge >= 0.3 is 0 Å². The van der Waals surface area contributed by atoms with Crippen molar-refractivity contribution in [3.8, 4) is 11.5 Å². The number of ether oxygens (including phenoxy) is 2. The predicted octanol–water partition coefficient (Wildman–Crippen LogP) is 3.18. The van der Waals surface area contributed by atoms with E-state index in [0.717, 1.165) is 42.3 Å². The SMILES string of the molecule is COc1cc2c(cc1OC)CN(Cc1ccc(C(=O)NCc3cccnc3)o1)CC2. The molecular weight excluding hydrogens is 382 g/mol. The number of pyridine rings is 1. The molecule has 0 spiro atoms. The molecular formula is C23H25N3O4. The number of benzene rings is 1. The number of carbonyl (C=O) groups excluding carboxylic acids is 1. The van der Waals surface area contributed by atoms with E-state index in [1.54, 1.807) is 32.7 Å². The van der Waals surface area contributed by atoms with Gasteiger partial charge in [-0.05, 0) is 53.4 Å². The summed E-state index contributed by atoms with van der Waals surface area (Å²) in [7, 11) is 3.30. The van der Waals surface area contributed by atoms with Crippen LogP contribution in [0.25, 0.3) is 0 Å². The molecule has 0 bridgehead atoms. The molecule has 0 radical (unpaired) electrons. The van der Waals surface area contributed by atoms with Crippen molar-refractivity contribution in [1.82, 2.24) is 15.2 Å². The molecule has 0 saturated heterocycles. The summed E-state index contributed by atoms with van der Waals surface area (Å²) in [5.74, 6) is 2.36. The van der Waals surface area contributed by atoms with Gasteiger partial charge in [0, 0.05) is 32.0 Å². The van der Waals surface area contributed by atoms with Gasteiger partial charge in [0.2, 0.25) is 0 Å². The van der Waals surface area contributed by atoms with Gasteiger partial charge in [-0.1, -0.05) is 6.07 Å². The molecule has 0 unspecified atom stereocenters. The van der Waals surface area contributed by atoms with E-state index < -0.39 is 0 Å². The zero-order valence-corrected chi connectivity index (χ0v) is 17.2. The summed E-state index contributed by atoms with van der Waals surface area (Å²) >= 11 is 0. The summed E-state index contributed by atoms with van der Waals surface area (Å²) < 4.78 is 16.6. The second-order valence-corrected chi connectivity index (χ2v) is 7.25. The number of nitrogens with zero attached hydrogens (tertiary/aromatic N) is 2. The maximum Gasteiger partial charge on any atom is 0.287 e. The summed E-state index contributed by atoms with van der Waals surface area (Å²) in [6.07, 6.45) is 4.36. The van der Waals surface area contributed by atoms with Gasteiger partial charge in [-0.25, -0.2) is 0 Å². The van der Waals surface area contributed by atoms with Crippen molar-refractivity contribution < 1.29 is 18.7 Å². The van der Waals surface area contributed by atoms with Crippen molar-refractivity contribution in [3.63, 3.8) is 0 Å². The number of hydrogen-bond acceptors (Lipinski definition) is 6. The first-order chi connectivity index (χ1) is 14.7. The number of amides is 1. The minimum Gasteiger partial charge on any atom is -0.493 e. The molecule has 3 aromatic rings. The van der Waals surface area contributed by atoms with E-state index in [1.165, 1.54) is 11.1 Å². The van der Waals surface area contributed by atoms with Gasteiger partial charge in [0.1, 0.15) is 5.76 Å². The Morgan fingerprint density at radius 3 is 2.70 bits per heavy atom. The largest absolute Gasteiger partial charge is 0.493 e. The zero-order valence-electron chi connectivity index (χ0n) is 17.2. The molecule has 1 N–H and O–H groups in total. The minimum absolute atomic E-state index is 0.231. The van der Waals surface area contributed by atoms with Crippen LogP contribution in [-0.2, 0) is 26.1 Å². The van der Waals surface area contributed by atoms with Crippen molar-refractivity contribution in [2.24, 2.45) is 0 Å². The molecule has 7 nitrogen and oxygen atoms in total.